The van der Waals surface area contributed by atoms with Crippen LogP contribution in [0.25, 0.3) is 11.1 Å². The van der Waals surface area contributed by atoms with Gasteiger partial charge in [0.25, 0.3) is 0 Å². The van der Waals surface area contributed by atoms with Crippen molar-refractivity contribution in [1.82, 2.24) is 0 Å². The molecule has 0 aliphatic carbocycles. The van der Waals surface area contributed by atoms with Crippen LogP contribution in [0.5, 0.6) is 5.75 Å². The van der Waals surface area contributed by atoms with Gasteiger partial charge in [-0.25, -0.2) is 9.59 Å². The van der Waals surface area contributed by atoms with E-state index in [2.05, 4.69) is 21.4 Å². The Hall–Kier alpha value is -4.27. The van der Waals surface area contributed by atoms with Crippen molar-refractivity contribution in [2.45, 2.75) is 11.3 Å². The number of carboxylic acid groups (broad SMARTS) is 1. The maximum atomic E-state index is 13.0. The van der Waals surface area contributed by atoms with Crippen molar-refractivity contribution in [3.05, 3.63) is 113 Å². The first kappa shape index (κ1) is 25.4. The maximum Gasteiger partial charge on any atom is 0.433 e. The van der Waals surface area contributed by atoms with E-state index in [0.29, 0.717) is 21.9 Å². The number of aliphatic imine (C=N–C) groups is 1. The summed E-state index contributed by atoms with van der Waals surface area (Å²) in [5, 5.41) is 9.24. The summed E-state index contributed by atoms with van der Waals surface area (Å²) in [5.74, 6) is -0.0406. The summed E-state index contributed by atoms with van der Waals surface area (Å²) in [7, 11) is 0. The molecule has 0 unspecified atom stereocenters. The number of amides is 1. The second kappa shape index (κ2) is 11.0. The molecule has 9 heteroatoms. The van der Waals surface area contributed by atoms with Crippen molar-refractivity contribution in [2.75, 3.05) is 10.8 Å². The van der Waals surface area contributed by atoms with E-state index in [0.717, 1.165) is 34.7 Å². The van der Waals surface area contributed by atoms with E-state index in [1.807, 2.05) is 42.5 Å². The van der Waals surface area contributed by atoms with Crippen LogP contribution in [0.2, 0.25) is 5.02 Å². The lowest BCUT2D eigenvalue weighted by Crippen LogP contribution is -2.15. The van der Waals surface area contributed by atoms with Crippen LogP contribution in [-0.4, -0.2) is 29.5 Å². The van der Waals surface area contributed by atoms with E-state index in [-0.39, 0.29) is 5.84 Å². The average molecular weight is 544 g/mol. The predicted octanol–water partition coefficient (Wildman–Crippen LogP) is 6.68. The second-order valence-corrected chi connectivity index (χ2v) is 10.0. The van der Waals surface area contributed by atoms with Crippen molar-refractivity contribution in [3.63, 3.8) is 0 Å². The number of halogens is 1. The summed E-state index contributed by atoms with van der Waals surface area (Å²) in [6.45, 7) is 0.817. The molecule has 0 spiro atoms. The van der Waals surface area contributed by atoms with Gasteiger partial charge >= 0.3 is 12.1 Å². The summed E-state index contributed by atoms with van der Waals surface area (Å²) in [6.07, 6.45) is -0.475. The SMILES string of the molecule is N/C(=N\C(=O)O)c1ccc(SN2CCc3cc(-c4ccc(Cl)cc4C(=O)Oc4ccccc4)ccc32)cc1. The Morgan fingerprint density at radius 2 is 1.74 bits per heavy atom. The van der Waals surface area contributed by atoms with Gasteiger partial charge in [0.2, 0.25) is 0 Å². The third-order valence-electron chi connectivity index (χ3n) is 5.98. The van der Waals surface area contributed by atoms with E-state index in [9.17, 15) is 9.59 Å². The fourth-order valence-electron chi connectivity index (χ4n) is 4.20. The van der Waals surface area contributed by atoms with Crippen molar-refractivity contribution < 1.29 is 19.4 Å². The molecule has 1 aliphatic heterocycles. The number of carbonyl (C=O) groups excluding carboxylic acids is 1. The van der Waals surface area contributed by atoms with Crippen LogP contribution in [-0.2, 0) is 6.42 Å². The highest BCUT2D eigenvalue weighted by atomic mass is 35.5. The molecule has 5 rings (SSSR count). The quantitative estimate of drug-likeness (QED) is 0.0918. The van der Waals surface area contributed by atoms with Gasteiger partial charge in [-0.1, -0.05) is 54.1 Å². The number of rotatable bonds is 6. The van der Waals surface area contributed by atoms with Gasteiger partial charge in [0.05, 0.1) is 11.3 Å². The number of benzene rings is 4. The largest absolute Gasteiger partial charge is 0.463 e. The Kier molecular flexibility index (Phi) is 7.35. The van der Waals surface area contributed by atoms with Gasteiger partial charge < -0.3 is 19.9 Å². The molecule has 3 N–H and O–H groups in total. The Labute approximate surface area is 228 Å². The number of hydrogen-bond donors (Lipinski definition) is 2. The first-order valence-electron chi connectivity index (χ1n) is 11.7. The summed E-state index contributed by atoms with van der Waals surface area (Å²) in [5.41, 5.74) is 10.6. The zero-order valence-electron chi connectivity index (χ0n) is 20.0. The van der Waals surface area contributed by atoms with Gasteiger partial charge in [-0.15, -0.1) is 0 Å². The molecule has 4 aromatic rings. The minimum absolute atomic E-state index is 0.0395. The Balaban J connectivity index is 1.36. The van der Waals surface area contributed by atoms with E-state index < -0.39 is 12.1 Å². The molecule has 38 heavy (non-hydrogen) atoms. The summed E-state index contributed by atoms with van der Waals surface area (Å²) in [6, 6.07) is 27.6. The van der Waals surface area contributed by atoms with E-state index in [1.54, 1.807) is 48.3 Å². The molecule has 0 aromatic heterocycles. The number of ether oxygens (including phenoxy) is 1. The molecule has 0 saturated heterocycles. The minimum Gasteiger partial charge on any atom is -0.463 e. The average Bonchev–Trinajstić information content (AvgIpc) is 3.31. The van der Waals surface area contributed by atoms with Crippen molar-refractivity contribution in [1.29, 1.82) is 0 Å². The predicted molar refractivity (Wildman–Crippen MR) is 150 cm³/mol. The van der Waals surface area contributed by atoms with Crippen molar-refractivity contribution in [3.8, 4) is 16.9 Å². The van der Waals surface area contributed by atoms with Crippen LogP contribution >= 0.6 is 23.5 Å². The standard InChI is InChI=1S/C29H22ClN3O4S/c30-21-9-12-24(25(17-21)28(34)37-22-4-2-1-3-5-22)19-8-13-26-20(16-19)14-15-33(26)38-23-10-6-18(7-11-23)27(31)32-29(35)36/h1-13,16-17H,14-15H2,(H2,31,32)(H,35,36). The van der Waals surface area contributed by atoms with E-state index >= 15 is 0 Å². The monoisotopic (exact) mass is 543 g/mol. The highest BCUT2D eigenvalue weighted by Gasteiger charge is 2.23. The smallest absolute Gasteiger partial charge is 0.433 e. The van der Waals surface area contributed by atoms with Crippen molar-refractivity contribution in [2.24, 2.45) is 10.7 Å². The normalized spacial score (nSPS) is 12.8. The molecule has 7 nitrogen and oxygen atoms in total. The van der Waals surface area contributed by atoms with Crippen LogP contribution in [0, 0.1) is 0 Å². The molecule has 0 radical (unpaired) electrons. The minimum atomic E-state index is -1.33. The van der Waals surface area contributed by atoms with Crippen LogP contribution in [0.4, 0.5) is 10.5 Å². The Bertz CT molecular complexity index is 1540. The molecular formula is C29H22ClN3O4S. The number of carbonyl (C=O) groups is 2. The summed E-state index contributed by atoms with van der Waals surface area (Å²) < 4.78 is 7.79. The number of nitrogens with two attached hydrogens (primary N) is 1. The lowest BCUT2D eigenvalue weighted by Gasteiger charge is -2.18. The molecule has 0 atom stereocenters. The van der Waals surface area contributed by atoms with Gasteiger partial charge in [-0.3, -0.25) is 0 Å². The highest BCUT2D eigenvalue weighted by molar-refractivity contribution is 8.00. The van der Waals surface area contributed by atoms with Crippen molar-refractivity contribution >= 4 is 47.1 Å². The third kappa shape index (κ3) is 5.66. The first-order chi connectivity index (χ1) is 18.4. The van der Waals surface area contributed by atoms with Gasteiger partial charge in [0.15, 0.2) is 0 Å². The Morgan fingerprint density at radius 3 is 2.47 bits per heavy atom. The van der Waals surface area contributed by atoms with Gasteiger partial charge in [-0.05, 0) is 83.6 Å². The van der Waals surface area contributed by atoms with Crippen LogP contribution in [0.15, 0.2) is 101 Å². The molecule has 190 valence electrons. The summed E-state index contributed by atoms with van der Waals surface area (Å²) >= 11 is 7.82. The zero-order chi connectivity index (χ0) is 26.6. The molecule has 0 fully saturated rings. The number of para-hydroxylation sites is 1. The number of anilines is 1. The summed E-state index contributed by atoms with van der Waals surface area (Å²) in [4.78, 5) is 28.1. The maximum absolute atomic E-state index is 13.0. The number of esters is 1. The molecular weight excluding hydrogens is 522 g/mol. The number of fused-ring (bicyclic) bond motifs is 1. The molecule has 4 aromatic carbocycles. The van der Waals surface area contributed by atoms with Gasteiger partial charge in [0, 0.05) is 22.0 Å². The Morgan fingerprint density at radius 1 is 0.974 bits per heavy atom. The topological polar surface area (TPSA) is 105 Å². The highest BCUT2D eigenvalue weighted by Crippen LogP contribution is 2.39. The second-order valence-electron chi connectivity index (χ2n) is 8.48. The molecule has 1 heterocycles. The molecule has 1 aliphatic rings. The molecule has 0 saturated carbocycles. The fourth-order valence-corrected chi connectivity index (χ4v) is 5.35. The fraction of sp³-hybridized carbons (Fsp3) is 0.0690. The zero-order valence-corrected chi connectivity index (χ0v) is 21.6. The first-order valence-corrected chi connectivity index (χ1v) is 12.9. The number of hydrogen-bond acceptors (Lipinski definition) is 5. The van der Waals surface area contributed by atoms with Gasteiger partial charge in [-0.2, -0.15) is 4.99 Å². The lowest BCUT2D eigenvalue weighted by atomic mass is 9.97. The van der Waals surface area contributed by atoms with Crippen LogP contribution in [0.3, 0.4) is 0 Å². The van der Waals surface area contributed by atoms with E-state index in [1.165, 1.54) is 5.56 Å². The molecule has 0 bridgehead atoms. The number of amidine groups is 1. The van der Waals surface area contributed by atoms with Crippen LogP contribution < -0.4 is 14.8 Å². The lowest BCUT2D eigenvalue weighted by molar-refractivity contribution is 0.0735. The number of nitrogens with zero attached hydrogens (tertiary/aromatic N) is 2. The molecule has 1 amide bonds. The van der Waals surface area contributed by atoms with Crippen LogP contribution in [0.1, 0.15) is 21.5 Å². The van der Waals surface area contributed by atoms with Gasteiger partial charge in [0.1, 0.15) is 11.6 Å². The van der Waals surface area contributed by atoms with E-state index in [4.69, 9.17) is 27.2 Å². The third-order valence-corrected chi connectivity index (χ3v) is 7.30.